The van der Waals surface area contributed by atoms with Gasteiger partial charge in [0, 0.05) is 28.0 Å². The summed E-state index contributed by atoms with van der Waals surface area (Å²) < 4.78 is 0. The summed E-state index contributed by atoms with van der Waals surface area (Å²) >= 11 is 0. The molecule has 2 N–H and O–H groups in total. The third-order valence-electron chi connectivity index (χ3n) is 3.51. The molecule has 0 atom stereocenters. The van der Waals surface area contributed by atoms with Gasteiger partial charge in [-0.05, 0) is 46.6 Å². The fourth-order valence-electron chi connectivity index (χ4n) is 2.30. The van der Waals surface area contributed by atoms with E-state index in [9.17, 15) is 4.79 Å². The zero-order valence-electron chi connectivity index (χ0n) is 12.8. The summed E-state index contributed by atoms with van der Waals surface area (Å²) in [6.45, 7) is 9.60. The van der Waals surface area contributed by atoms with Crippen LogP contribution < -0.4 is 10.6 Å². The summed E-state index contributed by atoms with van der Waals surface area (Å²) in [7, 11) is 2.01. The summed E-state index contributed by atoms with van der Waals surface area (Å²) in [5.41, 5.74) is 0. The molecule has 0 unspecified atom stereocenters. The summed E-state index contributed by atoms with van der Waals surface area (Å²) in [6.07, 6.45) is 4.52. The Kier molecular flexibility index (Phi) is 9.74. The van der Waals surface area contributed by atoms with E-state index in [1.165, 1.54) is 12.8 Å². The highest BCUT2D eigenvalue weighted by molar-refractivity contribution is 5.74. The van der Waals surface area contributed by atoms with Crippen LogP contribution in [-0.2, 0) is 0 Å². The first-order valence-electron chi connectivity index (χ1n) is 7.43. The maximum Gasteiger partial charge on any atom is 0.317 e. The fourth-order valence-corrected chi connectivity index (χ4v) is 2.30. The maximum atomic E-state index is 11.8. The minimum absolute atomic E-state index is 0. The number of urea groups is 1. The van der Waals surface area contributed by atoms with Crippen molar-refractivity contribution in [1.82, 2.24) is 15.5 Å². The van der Waals surface area contributed by atoms with Crippen molar-refractivity contribution in [2.45, 2.75) is 65.5 Å². The molecule has 1 saturated carbocycles. The van der Waals surface area contributed by atoms with Gasteiger partial charge < -0.3 is 15.5 Å². The van der Waals surface area contributed by atoms with E-state index in [0.717, 1.165) is 25.9 Å². The van der Waals surface area contributed by atoms with Crippen molar-refractivity contribution in [3.63, 3.8) is 0 Å². The Bertz CT molecular complexity index is 218. The number of carbonyl (C=O) groups excluding carboxylic acids is 1. The van der Waals surface area contributed by atoms with Crippen LogP contribution in [0.2, 0.25) is 0 Å². The first kappa shape index (κ1) is 17.2. The van der Waals surface area contributed by atoms with E-state index in [4.69, 9.17) is 0 Å². The summed E-state index contributed by atoms with van der Waals surface area (Å²) in [5, 5.41) is 6.42. The lowest BCUT2D eigenvalue weighted by molar-refractivity contribution is 0.193. The number of carbonyl (C=O) groups is 1. The molecule has 1 aliphatic rings. The molecular formula is C14H35N3O. The van der Waals surface area contributed by atoms with Gasteiger partial charge >= 0.3 is 6.03 Å². The van der Waals surface area contributed by atoms with Gasteiger partial charge in [0.25, 0.3) is 0 Å². The highest BCUT2D eigenvalue weighted by Crippen LogP contribution is 2.18. The number of nitrogens with one attached hydrogen (secondary N) is 2. The Morgan fingerprint density at radius 1 is 1.11 bits per heavy atom. The van der Waals surface area contributed by atoms with E-state index in [0.29, 0.717) is 12.1 Å². The van der Waals surface area contributed by atoms with Gasteiger partial charge in [-0.15, -0.1) is 0 Å². The molecule has 0 aromatic heterocycles. The molecule has 1 rings (SSSR count). The topological polar surface area (TPSA) is 44.4 Å². The van der Waals surface area contributed by atoms with Crippen LogP contribution >= 0.6 is 0 Å². The summed E-state index contributed by atoms with van der Waals surface area (Å²) in [6, 6.07) is 1.11. The van der Waals surface area contributed by atoms with E-state index in [2.05, 4.69) is 10.6 Å². The van der Waals surface area contributed by atoms with E-state index in [1.807, 2.05) is 39.6 Å². The average molecular weight is 261 g/mol. The third kappa shape index (κ3) is 5.71. The van der Waals surface area contributed by atoms with Gasteiger partial charge in [0.05, 0.1) is 0 Å². The van der Waals surface area contributed by atoms with Crippen LogP contribution in [0.25, 0.3) is 0 Å². The number of nitrogens with zero attached hydrogens (tertiary/aromatic N) is 1. The molecule has 1 fully saturated rings. The number of rotatable bonds is 4. The monoisotopic (exact) mass is 261 g/mol. The zero-order chi connectivity index (χ0) is 14.0. The van der Waals surface area contributed by atoms with E-state index >= 15 is 0 Å². The standard InChI is InChI=1S/C12H25N3O.C2H6.2H2/c1-4-15(5-2)12(16)14-11-8-6-10(13-3)7-9-11;1-2;;/h10-11,13H,4-9H2,1-3H3,(H,14,16);1-2H3;2*1H. The van der Waals surface area contributed by atoms with Crippen LogP contribution in [0, 0.1) is 0 Å². The number of hydrogen-bond donors (Lipinski definition) is 2. The Morgan fingerprint density at radius 3 is 1.94 bits per heavy atom. The van der Waals surface area contributed by atoms with Crippen molar-refractivity contribution in [2.75, 3.05) is 20.1 Å². The van der Waals surface area contributed by atoms with Crippen LogP contribution in [-0.4, -0.2) is 43.2 Å². The Hall–Kier alpha value is -0.770. The molecule has 18 heavy (non-hydrogen) atoms. The SMILES string of the molecule is CC.CCN(CC)C(=O)NC1CCC(NC)CC1.[HH].[HH]. The van der Waals surface area contributed by atoms with Crippen molar-refractivity contribution in [1.29, 1.82) is 0 Å². The predicted molar refractivity (Wildman–Crippen MR) is 82.1 cm³/mol. The van der Waals surface area contributed by atoms with Gasteiger partial charge in [0.2, 0.25) is 0 Å². The molecule has 4 heteroatoms. The second kappa shape index (κ2) is 10.2. The molecular weight excluding hydrogens is 226 g/mol. The molecule has 0 aromatic carbocycles. The van der Waals surface area contributed by atoms with Crippen LogP contribution in [0.5, 0.6) is 0 Å². The second-order valence-electron chi connectivity index (χ2n) is 4.46. The Balaban J connectivity index is -0.000000689. The highest BCUT2D eigenvalue weighted by Gasteiger charge is 2.22. The molecule has 2 amide bonds. The number of amides is 2. The van der Waals surface area contributed by atoms with Crippen LogP contribution in [0.1, 0.15) is 56.2 Å². The van der Waals surface area contributed by atoms with E-state index in [1.54, 1.807) is 0 Å². The average Bonchev–Trinajstić information content (AvgIpc) is 2.43. The largest absolute Gasteiger partial charge is 0.335 e. The normalized spacial score (nSPS) is 22.7. The molecule has 1 aliphatic carbocycles. The van der Waals surface area contributed by atoms with Crippen LogP contribution in [0.15, 0.2) is 0 Å². The zero-order valence-corrected chi connectivity index (χ0v) is 12.8. The lowest BCUT2D eigenvalue weighted by Crippen LogP contribution is -2.47. The minimum atomic E-state index is 0. The predicted octanol–water partition coefficient (Wildman–Crippen LogP) is 3.09. The molecule has 0 radical (unpaired) electrons. The highest BCUT2D eigenvalue weighted by atomic mass is 16.2. The second-order valence-corrected chi connectivity index (χ2v) is 4.46. The summed E-state index contributed by atoms with van der Waals surface area (Å²) in [4.78, 5) is 13.7. The molecule has 4 nitrogen and oxygen atoms in total. The lowest BCUT2D eigenvalue weighted by atomic mass is 9.91. The first-order chi connectivity index (χ1) is 8.71. The quantitative estimate of drug-likeness (QED) is 0.817. The molecule has 0 saturated heterocycles. The van der Waals surface area contributed by atoms with Crippen molar-refractivity contribution in [2.24, 2.45) is 0 Å². The van der Waals surface area contributed by atoms with Gasteiger partial charge in [-0.1, -0.05) is 13.8 Å². The van der Waals surface area contributed by atoms with Gasteiger partial charge in [0.15, 0.2) is 0 Å². The van der Waals surface area contributed by atoms with Gasteiger partial charge in [-0.3, -0.25) is 0 Å². The Morgan fingerprint density at radius 2 is 1.56 bits per heavy atom. The van der Waals surface area contributed by atoms with E-state index < -0.39 is 0 Å². The molecule has 0 aliphatic heterocycles. The van der Waals surface area contributed by atoms with E-state index in [-0.39, 0.29) is 8.88 Å². The fraction of sp³-hybridized carbons (Fsp3) is 0.929. The molecule has 0 spiro atoms. The molecule has 112 valence electrons. The molecule has 0 bridgehead atoms. The third-order valence-corrected chi connectivity index (χ3v) is 3.51. The van der Waals surface area contributed by atoms with Crippen molar-refractivity contribution in [3.05, 3.63) is 0 Å². The summed E-state index contributed by atoms with van der Waals surface area (Å²) in [5.74, 6) is 0. The van der Waals surface area contributed by atoms with Crippen molar-refractivity contribution < 1.29 is 7.65 Å². The van der Waals surface area contributed by atoms with Gasteiger partial charge in [-0.2, -0.15) is 0 Å². The van der Waals surface area contributed by atoms with Crippen molar-refractivity contribution in [3.8, 4) is 0 Å². The molecule has 0 heterocycles. The van der Waals surface area contributed by atoms with Gasteiger partial charge in [-0.25, -0.2) is 4.79 Å². The lowest BCUT2D eigenvalue weighted by Gasteiger charge is -2.30. The maximum absolute atomic E-state index is 11.8. The first-order valence-corrected chi connectivity index (χ1v) is 7.43. The number of hydrogen-bond acceptors (Lipinski definition) is 2. The minimum Gasteiger partial charge on any atom is -0.335 e. The smallest absolute Gasteiger partial charge is 0.317 e. The van der Waals surface area contributed by atoms with Crippen molar-refractivity contribution >= 4 is 6.03 Å². The van der Waals surface area contributed by atoms with Gasteiger partial charge in [0.1, 0.15) is 0 Å². The Labute approximate surface area is 115 Å². The molecule has 0 aromatic rings. The van der Waals surface area contributed by atoms with Crippen LogP contribution in [0.4, 0.5) is 4.79 Å². The van der Waals surface area contributed by atoms with Crippen LogP contribution in [0.3, 0.4) is 0 Å².